The Hall–Kier alpha value is -3.75. The van der Waals surface area contributed by atoms with Crippen LogP contribution in [0.25, 0.3) is 0 Å². The molecule has 4 rings (SSSR count). The summed E-state index contributed by atoms with van der Waals surface area (Å²) in [5.74, 6) is -1.01. The van der Waals surface area contributed by atoms with Gasteiger partial charge in [-0.05, 0) is 48.4 Å². The number of hydrogen-bond acceptors (Lipinski definition) is 4. The number of halogens is 3. The largest absolute Gasteiger partial charge is 0.459 e. The minimum Gasteiger partial charge on any atom is -0.459 e. The number of nitrogens with zero attached hydrogens (tertiary/aromatic N) is 1. The summed E-state index contributed by atoms with van der Waals surface area (Å²) < 4.78 is 45.7. The summed E-state index contributed by atoms with van der Waals surface area (Å²) in [4.78, 5) is 26.2. The third-order valence-electron chi connectivity index (χ3n) is 4.95. The highest BCUT2D eigenvalue weighted by Crippen LogP contribution is 2.37. The van der Waals surface area contributed by atoms with Crippen LogP contribution < -0.4 is 15.5 Å². The van der Waals surface area contributed by atoms with E-state index in [1.165, 1.54) is 30.5 Å². The van der Waals surface area contributed by atoms with Crippen LogP contribution in [0.15, 0.2) is 65.3 Å². The number of para-hydroxylation sites is 1. The first-order valence-corrected chi connectivity index (χ1v) is 9.51. The molecule has 1 aromatic heterocycles. The van der Waals surface area contributed by atoms with Crippen molar-refractivity contribution < 1.29 is 27.2 Å². The van der Waals surface area contributed by atoms with Crippen molar-refractivity contribution in [1.82, 2.24) is 0 Å². The first-order chi connectivity index (χ1) is 14.8. The monoisotopic (exact) mass is 429 g/mol. The quantitative estimate of drug-likeness (QED) is 0.624. The van der Waals surface area contributed by atoms with Gasteiger partial charge < -0.3 is 20.0 Å². The van der Waals surface area contributed by atoms with Crippen molar-refractivity contribution in [2.45, 2.75) is 12.6 Å². The fraction of sp³-hybridized carbons (Fsp3) is 0.182. The van der Waals surface area contributed by atoms with Gasteiger partial charge in [-0.15, -0.1) is 0 Å². The van der Waals surface area contributed by atoms with E-state index >= 15 is 0 Å². The van der Waals surface area contributed by atoms with Crippen molar-refractivity contribution in [3.8, 4) is 0 Å². The molecule has 0 saturated carbocycles. The van der Waals surface area contributed by atoms with E-state index in [9.17, 15) is 22.8 Å². The number of benzene rings is 2. The van der Waals surface area contributed by atoms with E-state index in [0.717, 1.165) is 17.3 Å². The molecule has 0 bridgehead atoms. The zero-order valence-corrected chi connectivity index (χ0v) is 16.2. The third kappa shape index (κ3) is 4.40. The lowest BCUT2D eigenvalue weighted by Crippen LogP contribution is -2.34. The Bertz CT molecular complexity index is 1110. The van der Waals surface area contributed by atoms with Gasteiger partial charge in [-0.25, -0.2) is 0 Å². The minimum absolute atomic E-state index is 0.0211. The molecule has 2 aromatic carbocycles. The van der Waals surface area contributed by atoms with Gasteiger partial charge in [0.25, 0.3) is 5.91 Å². The maximum atomic E-state index is 13.6. The maximum absolute atomic E-state index is 13.6. The summed E-state index contributed by atoms with van der Waals surface area (Å²) in [6, 6.07) is 13.7. The molecule has 0 aliphatic carbocycles. The molecule has 2 amide bonds. The van der Waals surface area contributed by atoms with Gasteiger partial charge in [0.05, 0.1) is 18.4 Å². The van der Waals surface area contributed by atoms with E-state index in [-0.39, 0.29) is 29.6 Å². The fourth-order valence-electron chi connectivity index (χ4n) is 3.47. The van der Waals surface area contributed by atoms with E-state index < -0.39 is 17.6 Å². The Kier molecular flexibility index (Phi) is 5.41. The second-order valence-corrected chi connectivity index (χ2v) is 6.97. The first-order valence-electron chi connectivity index (χ1n) is 9.51. The van der Waals surface area contributed by atoms with Crippen LogP contribution >= 0.6 is 0 Å². The van der Waals surface area contributed by atoms with Crippen molar-refractivity contribution in [2.24, 2.45) is 0 Å². The Morgan fingerprint density at radius 2 is 1.87 bits per heavy atom. The first kappa shape index (κ1) is 20.5. The van der Waals surface area contributed by atoms with Crippen LogP contribution in [0.1, 0.15) is 21.7 Å². The minimum atomic E-state index is -4.68. The maximum Gasteiger partial charge on any atom is 0.418 e. The average molecular weight is 429 g/mol. The Labute approximate surface area is 175 Å². The molecule has 2 N–H and O–H groups in total. The van der Waals surface area contributed by atoms with Gasteiger partial charge in [-0.3, -0.25) is 9.59 Å². The number of amides is 2. The highest BCUT2D eigenvalue weighted by Gasteiger charge is 2.34. The third-order valence-corrected chi connectivity index (χ3v) is 4.95. The summed E-state index contributed by atoms with van der Waals surface area (Å²) in [5, 5.41) is 4.96. The molecule has 0 saturated heterocycles. The summed E-state index contributed by atoms with van der Waals surface area (Å²) in [6.07, 6.45) is -2.68. The van der Waals surface area contributed by atoms with Crippen molar-refractivity contribution in [3.63, 3.8) is 0 Å². The number of fused-ring (bicyclic) bond motifs is 1. The number of furan rings is 1. The predicted octanol–water partition coefficient (Wildman–Crippen LogP) is 4.55. The Morgan fingerprint density at radius 1 is 1.06 bits per heavy atom. The van der Waals surface area contributed by atoms with Gasteiger partial charge in [0, 0.05) is 23.6 Å². The second-order valence-electron chi connectivity index (χ2n) is 6.97. The van der Waals surface area contributed by atoms with Gasteiger partial charge in [-0.2, -0.15) is 13.2 Å². The zero-order valence-electron chi connectivity index (χ0n) is 16.2. The molecule has 160 valence electrons. The fourth-order valence-corrected chi connectivity index (χ4v) is 3.47. The number of carbonyl (C=O) groups excluding carboxylic acids is 2. The Morgan fingerprint density at radius 3 is 2.61 bits per heavy atom. The number of nitrogens with one attached hydrogen (secondary N) is 2. The summed E-state index contributed by atoms with van der Waals surface area (Å²) in [7, 11) is 0. The van der Waals surface area contributed by atoms with Crippen LogP contribution in [0.2, 0.25) is 0 Å². The van der Waals surface area contributed by atoms with Gasteiger partial charge in [0.1, 0.15) is 0 Å². The van der Waals surface area contributed by atoms with Gasteiger partial charge in [0.15, 0.2) is 5.76 Å². The van der Waals surface area contributed by atoms with Crippen LogP contribution in [0, 0.1) is 0 Å². The predicted molar refractivity (Wildman–Crippen MR) is 109 cm³/mol. The van der Waals surface area contributed by atoms with Crippen LogP contribution in [0.3, 0.4) is 0 Å². The standard InChI is InChI=1S/C22H18F3N3O3/c23-22(24,25)16-12-15(27-21(30)19-6-3-11-31-19)7-8-17(16)26-13-20(29)28-10-9-14-4-1-2-5-18(14)28/h1-8,11-12,26H,9-10,13H2,(H,27,30). The van der Waals surface area contributed by atoms with E-state index in [0.29, 0.717) is 13.0 Å². The summed E-state index contributed by atoms with van der Waals surface area (Å²) in [6.45, 7) is 0.194. The normalized spacial score (nSPS) is 13.1. The van der Waals surface area contributed by atoms with Crippen molar-refractivity contribution in [3.05, 3.63) is 77.7 Å². The molecule has 0 unspecified atom stereocenters. The average Bonchev–Trinajstić information content (AvgIpc) is 3.42. The number of alkyl halides is 3. The number of carbonyl (C=O) groups is 2. The SMILES string of the molecule is O=C(Nc1ccc(NCC(=O)N2CCc3ccccc32)c(C(F)(F)F)c1)c1ccco1. The molecule has 2 heterocycles. The lowest BCUT2D eigenvalue weighted by molar-refractivity contribution is -0.137. The van der Waals surface area contributed by atoms with Gasteiger partial charge >= 0.3 is 6.18 Å². The molecule has 6 nitrogen and oxygen atoms in total. The molecule has 9 heteroatoms. The van der Waals surface area contributed by atoms with Crippen LogP contribution in [0.4, 0.5) is 30.2 Å². The highest BCUT2D eigenvalue weighted by molar-refractivity contribution is 6.02. The molecule has 1 aliphatic heterocycles. The van der Waals surface area contributed by atoms with E-state index in [1.54, 1.807) is 4.90 Å². The summed E-state index contributed by atoms with van der Waals surface area (Å²) in [5.41, 5.74) is 0.535. The van der Waals surface area contributed by atoms with E-state index in [1.807, 2.05) is 24.3 Å². The highest BCUT2D eigenvalue weighted by atomic mass is 19.4. The Balaban J connectivity index is 1.49. The van der Waals surface area contributed by atoms with Crippen LogP contribution in [-0.4, -0.2) is 24.9 Å². The van der Waals surface area contributed by atoms with E-state index in [2.05, 4.69) is 10.6 Å². The smallest absolute Gasteiger partial charge is 0.418 e. The van der Waals surface area contributed by atoms with Crippen LogP contribution in [0.5, 0.6) is 0 Å². The molecule has 0 atom stereocenters. The molecule has 0 fully saturated rings. The second kappa shape index (κ2) is 8.17. The van der Waals surface area contributed by atoms with Gasteiger partial charge in [-0.1, -0.05) is 18.2 Å². The lowest BCUT2D eigenvalue weighted by atomic mass is 10.1. The molecule has 0 spiro atoms. The van der Waals surface area contributed by atoms with E-state index in [4.69, 9.17) is 4.42 Å². The van der Waals surface area contributed by atoms with Crippen molar-refractivity contribution in [2.75, 3.05) is 28.6 Å². The van der Waals surface area contributed by atoms with Crippen LogP contribution in [-0.2, 0) is 17.4 Å². The van der Waals surface area contributed by atoms with Crippen molar-refractivity contribution in [1.29, 1.82) is 0 Å². The molecule has 0 radical (unpaired) electrons. The lowest BCUT2D eigenvalue weighted by Gasteiger charge is -2.20. The van der Waals surface area contributed by atoms with Crippen molar-refractivity contribution >= 4 is 28.9 Å². The molecule has 3 aromatic rings. The number of hydrogen-bond donors (Lipinski definition) is 2. The topological polar surface area (TPSA) is 74.6 Å². The number of anilines is 3. The molecule has 31 heavy (non-hydrogen) atoms. The summed E-state index contributed by atoms with van der Waals surface area (Å²) >= 11 is 0. The zero-order chi connectivity index (χ0) is 22.0. The number of rotatable bonds is 5. The molecule has 1 aliphatic rings. The molecular weight excluding hydrogens is 411 g/mol. The molecular formula is C22H18F3N3O3. The van der Waals surface area contributed by atoms with Gasteiger partial charge in [0.2, 0.25) is 5.91 Å².